The van der Waals surface area contributed by atoms with Gasteiger partial charge >= 0.3 is 0 Å². The van der Waals surface area contributed by atoms with Gasteiger partial charge in [0.1, 0.15) is 5.76 Å². The van der Waals surface area contributed by atoms with E-state index in [9.17, 15) is 0 Å². The average Bonchev–Trinajstić information content (AvgIpc) is 2.95. The predicted octanol–water partition coefficient (Wildman–Crippen LogP) is 2.15. The average molecular weight is 279 g/mol. The summed E-state index contributed by atoms with van der Waals surface area (Å²) in [4.78, 5) is 4.26. The van der Waals surface area contributed by atoms with Crippen LogP contribution in [-0.2, 0) is 11.3 Å². The maximum Gasteiger partial charge on any atom is 0.191 e. The van der Waals surface area contributed by atoms with Crippen molar-refractivity contribution >= 4 is 5.96 Å². The van der Waals surface area contributed by atoms with Gasteiger partial charge < -0.3 is 19.8 Å². The second-order valence-electron chi connectivity index (χ2n) is 6.06. The number of rotatable bonds is 4. The van der Waals surface area contributed by atoms with Crippen LogP contribution in [0.25, 0.3) is 0 Å². The Balaban J connectivity index is 1.89. The lowest BCUT2D eigenvalue weighted by Crippen LogP contribution is -2.69. The third kappa shape index (κ3) is 2.54. The number of furan rings is 1. The molecule has 1 aliphatic carbocycles. The third-order valence-corrected chi connectivity index (χ3v) is 4.82. The third-order valence-electron chi connectivity index (χ3n) is 4.82. The van der Waals surface area contributed by atoms with Crippen molar-refractivity contribution in [2.24, 2.45) is 10.4 Å². The van der Waals surface area contributed by atoms with E-state index in [1.165, 1.54) is 0 Å². The van der Waals surface area contributed by atoms with E-state index in [4.69, 9.17) is 9.15 Å². The Morgan fingerprint density at radius 1 is 1.50 bits per heavy atom. The van der Waals surface area contributed by atoms with E-state index in [1.807, 2.05) is 12.1 Å². The van der Waals surface area contributed by atoms with Crippen molar-refractivity contribution in [3.05, 3.63) is 24.2 Å². The maximum atomic E-state index is 5.64. The lowest BCUT2D eigenvalue weighted by atomic mass is 9.56. The van der Waals surface area contributed by atoms with Gasteiger partial charge in [0.15, 0.2) is 5.96 Å². The first-order chi connectivity index (χ1) is 9.43. The van der Waals surface area contributed by atoms with E-state index in [-0.39, 0.29) is 11.0 Å². The van der Waals surface area contributed by atoms with E-state index in [0.717, 1.165) is 18.1 Å². The van der Waals surface area contributed by atoms with Gasteiger partial charge in [-0.3, -0.25) is 4.99 Å². The quantitative estimate of drug-likeness (QED) is 0.655. The second-order valence-corrected chi connectivity index (χ2v) is 6.06. The molecule has 1 aliphatic rings. The fourth-order valence-corrected chi connectivity index (χ4v) is 2.67. The van der Waals surface area contributed by atoms with E-state index < -0.39 is 0 Å². The number of hydrogen-bond acceptors (Lipinski definition) is 3. The van der Waals surface area contributed by atoms with Gasteiger partial charge in [-0.1, -0.05) is 13.8 Å². The molecule has 0 amide bonds. The number of methoxy groups -OCH3 is 1. The largest absolute Gasteiger partial charge is 0.467 e. The Hall–Kier alpha value is -1.49. The SMILES string of the molecule is CN=C(NCc1ccco1)NC1CC(C)(OC)C1(C)C. The van der Waals surface area contributed by atoms with Crippen LogP contribution < -0.4 is 10.6 Å². The molecule has 0 saturated heterocycles. The molecule has 2 N–H and O–H groups in total. The molecule has 0 aromatic carbocycles. The number of guanidine groups is 1. The van der Waals surface area contributed by atoms with Crippen LogP contribution in [0.1, 0.15) is 33.0 Å². The summed E-state index contributed by atoms with van der Waals surface area (Å²) < 4.78 is 10.9. The standard InChI is InChI=1S/C15H25N3O2/c1-14(2)12(9-15(14,3)19-5)18-13(16-4)17-10-11-7-6-8-20-11/h6-8,12H,9-10H2,1-5H3,(H2,16,17,18). The predicted molar refractivity (Wildman–Crippen MR) is 79.6 cm³/mol. The zero-order valence-electron chi connectivity index (χ0n) is 13.0. The Morgan fingerprint density at radius 3 is 2.75 bits per heavy atom. The molecule has 0 aliphatic heterocycles. The van der Waals surface area contributed by atoms with Crippen molar-refractivity contribution < 1.29 is 9.15 Å². The van der Waals surface area contributed by atoms with Gasteiger partial charge in [0.2, 0.25) is 0 Å². The van der Waals surface area contributed by atoms with Crippen LogP contribution in [-0.4, -0.2) is 31.8 Å². The van der Waals surface area contributed by atoms with E-state index in [1.54, 1.807) is 20.4 Å². The summed E-state index contributed by atoms with van der Waals surface area (Å²) in [5, 5.41) is 6.72. The molecule has 2 unspecified atom stereocenters. The minimum atomic E-state index is -0.0788. The number of nitrogens with one attached hydrogen (secondary N) is 2. The van der Waals surface area contributed by atoms with Crippen LogP contribution in [0.15, 0.2) is 27.8 Å². The van der Waals surface area contributed by atoms with Gasteiger partial charge in [-0.15, -0.1) is 0 Å². The molecule has 0 radical (unpaired) electrons. The van der Waals surface area contributed by atoms with Gasteiger partial charge in [-0.25, -0.2) is 0 Å². The highest BCUT2D eigenvalue weighted by Gasteiger charge is 2.58. The van der Waals surface area contributed by atoms with Crippen molar-refractivity contribution in [1.29, 1.82) is 0 Å². The molecular weight excluding hydrogens is 254 g/mol. The minimum Gasteiger partial charge on any atom is -0.467 e. The number of hydrogen-bond donors (Lipinski definition) is 2. The van der Waals surface area contributed by atoms with Gasteiger partial charge in [0.25, 0.3) is 0 Å². The zero-order chi connectivity index (χ0) is 14.8. The smallest absolute Gasteiger partial charge is 0.191 e. The molecular formula is C15H25N3O2. The van der Waals surface area contributed by atoms with Crippen LogP contribution in [0, 0.1) is 5.41 Å². The minimum absolute atomic E-state index is 0.0596. The lowest BCUT2D eigenvalue weighted by molar-refractivity contribution is -0.176. The lowest BCUT2D eigenvalue weighted by Gasteiger charge is -2.59. The van der Waals surface area contributed by atoms with Crippen LogP contribution in [0.3, 0.4) is 0 Å². The van der Waals surface area contributed by atoms with Crippen molar-refractivity contribution in [3.8, 4) is 0 Å². The van der Waals surface area contributed by atoms with Gasteiger partial charge in [0.05, 0.1) is 18.4 Å². The van der Waals surface area contributed by atoms with Crippen molar-refractivity contribution in [2.45, 2.75) is 45.4 Å². The van der Waals surface area contributed by atoms with Gasteiger partial charge in [-0.05, 0) is 25.5 Å². The molecule has 2 rings (SSSR count). The summed E-state index contributed by atoms with van der Waals surface area (Å²) in [5.41, 5.74) is -0.0193. The van der Waals surface area contributed by atoms with Crippen LogP contribution in [0.2, 0.25) is 0 Å². The van der Waals surface area contributed by atoms with Crippen molar-refractivity contribution in [1.82, 2.24) is 10.6 Å². The summed E-state index contributed by atoms with van der Waals surface area (Å²) in [6, 6.07) is 4.16. The monoisotopic (exact) mass is 279 g/mol. The molecule has 1 fully saturated rings. The molecule has 5 nitrogen and oxygen atoms in total. The first kappa shape index (κ1) is 14.9. The molecule has 1 aromatic rings. The molecule has 2 atom stereocenters. The van der Waals surface area contributed by atoms with Gasteiger partial charge in [0, 0.05) is 25.6 Å². The fourth-order valence-electron chi connectivity index (χ4n) is 2.67. The highest BCUT2D eigenvalue weighted by Crippen LogP contribution is 2.51. The van der Waals surface area contributed by atoms with Crippen LogP contribution >= 0.6 is 0 Å². The number of ether oxygens (including phenoxy) is 1. The van der Waals surface area contributed by atoms with E-state index >= 15 is 0 Å². The Labute approximate surface area is 120 Å². The summed E-state index contributed by atoms with van der Waals surface area (Å²) in [7, 11) is 3.56. The Morgan fingerprint density at radius 2 is 2.25 bits per heavy atom. The normalized spacial score (nSPS) is 28.9. The molecule has 1 saturated carbocycles. The highest BCUT2D eigenvalue weighted by atomic mass is 16.5. The zero-order valence-corrected chi connectivity index (χ0v) is 13.0. The molecule has 20 heavy (non-hydrogen) atoms. The van der Waals surface area contributed by atoms with Crippen molar-refractivity contribution in [3.63, 3.8) is 0 Å². The van der Waals surface area contributed by atoms with Gasteiger partial charge in [-0.2, -0.15) is 0 Å². The number of nitrogens with zero attached hydrogens (tertiary/aromatic N) is 1. The van der Waals surface area contributed by atoms with Crippen LogP contribution in [0.4, 0.5) is 0 Å². The first-order valence-electron chi connectivity index (χ1n) is 6.97. The second kappa shape index (κ2) is 5.48. The summed E-state index contributed by atoms with van der Waals surface area (Å²) in [5.74, 6) is 1.68. The topological polar surface area (TPSA) is 58.8 Å². The molecule has 1 aromatic heterocycles. The van der Waals surface area contributed by atoms with E-state index in [2.05, 4.69) is 36.4 Å². The summed E-state index contributed by atoms with van der Waals surface area (Å²) >= 11 is 0. The molecule has 1 heterocycles. The van der Waals surface area contributed by atoms with Crippen LogP contribution in [0.5, 0.6) is 0 Å². The highest BCUT2D eigenvalue weighted by molar-refractivity contribution is 5.80. The summed E-state index contributed by atoms with van der Waals surface area (Å²) in [6.07, 6.45) is 2.64. The molecule has 112 valence electrons. The summed E-state index contributed by atoms with van der Waals surface area (Å²) in [6.45, 7) is 7.22. The first-order valence-corrected chi connectivity index (χ1v) is 6.97. The molecule has 0 bridgehead atoms. The maximum absolute atomic E-state index is 5.64. The molecule has 0 spiro atoms. The number of aliphatic imine (C=N–C) groups is 1. The molecule has 5 heteroatoms. The Bertz CT molecular complexity index is 467. The van der Waals surface area contributed by atoms with E-state index in [0.29, 0.717) is 12.6 Å². The van der Waals surface area contributed by atoms with Crippen molar-refractivity contribution in [2.75, 3.05) is 14.2 Å². The Kier molecular flexibility index (Phi) is 4.09. The fraction of sp³-hybridized carbons (Fsp3) is 0.667.